The number of ether oxygens (including phenoxy) is 2. The third-order valence-electron chi connectivity index (χ3n) is 8.51. The molecular formula is C43H79N7O11. The molecule has 0 aliphatic carbocycles. The molecular weight excluding hydrogens is 791 g/mol. The van der Waals surface area contributed by atoms with Crippen molar-refractivity contribution >= 4 is 41.5 Å². The van der Waals surface area contributed by atoms with Crippen LogP contribution in [0.25, 0.3) is 0 Å². The van der Waals surface area contributed by atoms with Crippen molar-refractivity contribution in [2.75, 3.05) is 60.6 Å². The quantitative estimate of drug-likeness (QED) is 0.0404. The highest BCUT2D eigenvalue weighted by molar-refractivity contribution is 5.87. The van der Waals surface area contributed by atoms with Crippen molar-refractivity contribution in [3.63, 3.8) is 0 Å². The van der Waals surface area contributed by atoms with Crippen molar-refractivity contribution in [2.24, 2.45) is 5.73 Å². The largest absolute Gasteiger partial charge is 0.480 e. The van der Waals surface area contributed by atoms with Gasteiger partial charge in [-0.15, -0.1) is 0 Å². The molecule has 61 heavy (non-hydrogen) atoms. The first-order valence-corrected chi connectivity index (χ1v) is 21.4. The standard InChI is InChI=1S/C28H52N6O8.C9H13N.C5H10O2.CH4O/c1-3-4-5-6-7-8-9-11-23(35)32-19-18-30-16-14-21(29)27(39)33-20-25(37)31-17-15-22(28(40)41)34-24(36)12-10-13-26(38)42-2;1-9-6-4-2-3-5-7-10-8-9;1-3-4-5(6)7-2;1-2/h21-22,30H,3-20,29H2,1-2H3,(H,31,37)(H,32,35)(H,33,39)(H,34,36)(H,40,41);2-5,8,10H,6-7H2,1H3;3-4H2,1-2H3;2H,1H3/b;4-2-,5-3-,9-8-;;/t21-,22+;;;/m0.../s1. The lowest BCUT2D eigenvalue weighted by molar-refractivity contribution is -0.143. The molecule has 352 valence electrons. The molecule has 10 N–H and O–H groups in total. The Morgan fingerprint density at radius 3 is 1.93 bits per heavy atom. The summed E-state index contributed by atoms with van der Waals surface area (Å²) in [6, 6.07) is -2.05. The Morgan fingerprint density at radius 1 is 0.705 bits per heavy atom. The van der Waals surface area contributed by atoms with Gasteiger partial charge in [0.1, 0.15) is 6.04 Å². The smallest absolute Gasteiger partial charge is 0.326 e. The molecule has 0 spiro atoms. The van der Waals surface area contributed by atoms with Crippen LogP contribution in [0.15, 0.2) is 36.1 Å². The van der Waals surface area contributed by atoms with Gasteiger partial charge in [-0.3, -0.25) is 28.8 Å². The monoisotopic (exact) mass is 870 g/mol. The number of allylic oxidation sites excluding steroid dienone is 4. The summed E-state index contributed by atoms with van der Waals surface area (Å²) in [5.74, 6) is -3.37. The van der Waals surface area contributed by atoms with E-state index in [2.05, 4.69) is 85.7 Å². The third kappa shape index (κ3) is 43.1. The van der Waals surface area contributed by atoms with Crippen LogP contribution in [-0.4, -0.2) is 124 Å². The number of aliphatic hydroxyl groups is 1. The van der Waals surface area contributed by atoms with Gasteiger partial charge in [0.15, 0.2) is 0 Å². The number of rotatable bonds is 28. The van der Waals surface area contributed by atoms with Crippen LogP contribution < -0.4 is 37.6 Å². The Morgan fingerprint density at radius 2 is 1.31 bits per heavy atom. The van der Waals surface area contributed by atoms with Gasteiger partial charge in [0.05, 0.1) is 26.8 Å². The topological polar surface area (TPSA) is 277 Å². The lowest BCUT2D eigenvalue weighted by Crippen LogP contribution is -2.47. The number of aliphatic carboxylic acids is 1. The van der Waals surface area contributed by atoms with Gasteiger partial charge >= 0.3 is 17.9 Å². The summed E-state index contributed by atoms with van der Waals surface area (Å²) in [6.07, 6.45) is 22.1. The lowest BCUT2D eigenvalue weighted by atomic mass is 10.1. The molecule has 1 heterocycles. The molecule has 18 nitrogen and oxygen atoms in total. The molecule has 0 unspecified atom stereocenters. The van der Waals surface area contributed by atoms with Gasteiger partial charge in [-0.05, 0) is 58.2 Å². The Balaban J connectivity index is -0.00000144. The normalized spacial score (nSPS) is 14.3. The van der Waals surface area contributed by atoms with Gasteiger partial charge < -0.3 is 57.3 Å². The number of esters is 2. The Bertz CT molecular complexity index is 1290. The van der Waals surface area contributed by atoms with Gasteiger partial charge in [0.2, 0.25) is 23.6 Å². The van der Waals surface area contributed by atoms with E-state index in [9.17, 15) is 38.7 Å². The zero-order valence-corrected chi connectivity index (χ0v) is 37.7. The number of amides is 4. The molecule has 1 rings (SSSR count). The minimum Gasteiger partial charge on any atom is -0.480 e. The van der Waals surface area contributed by atoms with E-state index in [-0.39, 0.29) is 50.6 Å². The maximum absolute atomic E-state index is 12.1. The van der Waals surface area contributed by atoms with Crippen LogP contribution in [0.3, 0.4) is 0 Å². The zero-order chi connectivity index (χ0) is 46.5. The molecule has 0 bridgehead atoms. The molecule has 1 aliphatic rings. The first-order valence-electron chi connectivity index (χ1n) is 21.4. The van der Waals surface area contributed by atoms with E-state index in [4.69, 9.17) is 10.8 Å². The molecule has 1 aliphatic heterocycles. The average molecular weight is 870 g/mol. The van der Waals surface area contributed by atoms with Gasteiger partial charge in [0.25, 0.3) is 0 Å². The number of nitrogens with one attached hydrogen (secondary N) is 6. The lowest BCUT2D eigenvalue weighted by Gasteiger charge is -2.15. The van der Waals surface area contributed by atoms with E-state index in [1.165, 1.54) is 51.9 Å². The number of methoxy groups -OCH3 is 2. The van der Waals surface area contributed by atoms with E-state index in [0.717, 1.165) is 39.3 Å². The fourth-order valence-corrected chi connectivity index (χ4v) is 5.02. The van der Waals surface area contributed by atoms with Crippen molar-refractivity contribution in [3.05, 3.63) is 36.1 Å². The minimum atomic E-state index is -1.26. The molecule has 0 aromatic rings. The highest BCUT2D eigenvalue weighted by atomic mass is 16.5. The number of carboxylic acids is 1. The van der Waals surface area contributed by atoms with Gasteiger partial charge in [-0.2, -0.15) is 0 Å². The Hall–Kier alpha value is -4.81. The fraction of sp³-hybridized carbons (Fsp3) is 0.698. The van der Waals surface area contributed by atoms with Crippen LogP contribution in [0.4, 0.5) is 0 Å². The summed E-state index contributed by atoms with van der Waals surface area (Å²) < 4.78 is 8.83. The molecule has 0 aromatic carbocycles. The summed E-state index contributed by atoms with van der Waals surface area (Å²) in [5.41, 5.74) is 7.24. The van der Waals surface area contributed by atoms with Crippen LogP contribution in [0.5, 0.6) is 0 Å². The van der Waals surface area contributed by atoms with Crippen LogP contribution in [0.2, 0.25) is 0 Å². The van der Waals surface area contributed by atoms with Gasteiger partial charge in [-0.25, -0.2) is 4.79 Å². The number of aliphatic hydroxyl groups excluding tert-OH is 1. The minimum absolute atomic E-state index is 0.0374. The molecule has 0 aromatic heterocycles. The maximum atomic E-state index is 12.1. The van der Waals surface area contributed by atoms with Crippen molar-refractivity contribution in [2.45, 2.75) is 136 Å². The average Bonchev–Trinajstić information content (AvgIpc) is 3.37. The number of carbonyl (C=O) groups is 7. The van der Waals surface area contributed by atoms with E-state index < -0.39 is 41.7 Å². The number of hydrogen-bond acceptors (Lipinski definition) is 13. The molecule has 2 atom stereocenters. The number of nitrogens with two attached hydrogens (primary N) is 1. The summed E-state index contributed by atoms with van der Waals surface area (Å²) in [6.45, 7) is 8.31. The zero-order valence-electron chi connectivity index (χ0n) is 37.7. The van der Waals surface area contributed by atoms with Crippen LogP contribution in [0, 0.1) is 0 Å². The van der Waals surface area contributed by atoms with Crippen molar-refractivity contribution < 1.29 is 53.2 Å². The van der Waals surface area contributed by atoms with E-state index in [1.54, 1.807) is 0 Å². The van der Waals surface area contributed by atoms with E-state index in [1.807, 2.05) is 6.92 Å². The molecule has 0 saturated carbocycles. The predicted octanol–water partition coefficient (Wildman–Crippen LogP) is 2.65. The van der Waals surface area contributed by atoms with Crippen LogP contribution >= 0.6 is 0 Å². The molecule has 4 amide bonds. The SMILES string of the molecule is C/C1=C/NC/C=C\C=C/C1.CCCC(=O)OC.CCCCCCCCCC(=O)NCCNCC[C@H](N)C(=O)NCC(=O)NCC[C@@H](NC(=O)CCCC(=O)OC)C(=O)O.CO. The molecule has 0 saturated heterocycles. The number of carboxylic acid groups (broad SMARTS) is 1. The van der Waals surface area contributed by atoms with Crippen molar-refractivity contribution in [3.8, 4) is 0 Å². The van der Waals surface area contributed by atoms with E-state index in [0.29, 0.717) is 38.9 Å². The number of carbonyl (C=O) groups excluding carboxylic acids is 6. The molecule has 0 radical (unpaired) electrons. The first kappa shape index (κ1) is 60.5. The summed E-state index contributed by atoms with van der Waals surface area (Å²) >= 11 is 0. The van der Waals surface area contributed by atoms with Gasteiger partial charge in [-0.1, -0.05) is 82.2 Å². The summed E-state index contributed by atoms with van der Waals surface area (Å²) in [4.78, 5) is 80.6. The van der Waals surface area contributed by atoms with Crippen LogP contribution in [-0.2, 0) is 43.0 Å². The highest BCUT2D eigenvalue weighted by Crippen LogP contribution is 2.08. The Labute approximate surface area is 364 Å². The van der Waals surface area contributed by atoms with E-state index >= 15 is 0 Å². The molecule has 18 heteroatoms. The van der Waals surface area contributed by atoms with Gasteiger partial charge in [0, 0.05) is 59.0 Å². The second-order valence-corrected chi connectivity index (χ2v) is 13.9. The summed E-state index contributed by atoms with van der Waals surface area (Å²) in [5, 5.41) is 32.7. The second-order valence-electron chi connectivity index (χ2n) is 13.9. The summed E-state index contributed by atoms with van der Waals surface area (Å²) in [7, 11) is 3.64. The Kier molecular flexibility index (Phi) is 44.4. The molecule has 0 fully saturated rings. The first-order chi connectivity index (χ1) is 29.3. The predicted molar refractivity (Wildman–Crippen MR) is 237 cm³/mol. The second kappa shape index (κ2) is 44.7. The number of hydrogen-bond donors (Lipinski definition) is 9. The fourth-order valence-electron chi connectivity index (χ4n) is 5.02. The highest BCUT2D eigenvalue weighted by Gasteiger charge is 2.20. The van der Waals surface area contributed by atoms with Crippen molar-refractivity contribution in [1.82, 2.24) is 31.9 Å². The van der Waals surface area contributed by atoms with Crippen molar-refractivity contribution in [1.29, 1.82) is 0 Å². The number of unbranched alkanes of at least 4 members (excludes halogenated alkanes) is 6. The third-order valence-corrected chi connectivity index (χ3v) is 8.51. The maximum Gasteiger partial charge on any atom is 0.326 e. The van der Waals surface area contributed by atoms with Crippen LogP contribution in [0.1, 0.15) is 124 Å².